The molecule has 0 atom stereocenters. The Morgan fingerprint density at radius 1 is 1.29 bits per heavy atom. The van der Waals surface area contributed by atoms with Crippen molar-refractivity contribution >= 4 is 28.2 Å². The van der Waals surface area contributed by atoms with E-state index in [0.717, 1.165) is 34.4 Å². The number of rotatable bonds is 4. The summed E-state index contributed by atoms with van der Waals surface area (Å²) in [6.07, 6.45) is -1.58. The molecular weight excluding hydrogens is 395 g/mol. The van der Waals surface area contributed by atoms with Crippen molar-refractivity contribution in [1.29, 1.82) is 0 Å². The van der Waals surface area contributed by atoms with Crippen molar-refractivity contribution in [2.24, 2.45) is 7.05 Å². The lowest BCUT2D eigenvalue weighted by atomic mass is 9.95. The Morgan fingerprint density at radius 2 is 1.96 bits per heavy atom. The number of halogens is 3. The number of anilines is 1. The number of carbonyl (C=O) groups excluding carboxylic acids is 2. The number of hydrogen-bond acceptors (Lipinski definition) is 5. The molecule has 2 heterocycles. The fraction of sp³-hybridized carbons (Fsp3) is 0.500. The van der Waals surface area contributed by atoms with Crippen LogP contribution >= 0.6 is 11.3 Å². The van der Waals surface area contributed by atoms with E-state index in [4.69, 9.17) is 4.74 Å². The second-order valence-corrected chi connectivity index (χ2v) is 7.96. The number of aryl methyl sites for hydroxylation is 2. The van der Waals surface area contributed by atoms with Gasteiger partial charge in [-0.2, -0.15) is 18.3 Å². The Balaban J connectivity index is 1.94. The number of thiophene rings is 1. The second-order valence-electron chi connectivity index (χ2n) is 6.86. The zero-order chi connectivity index (χ0) is 20.6. The third-order valence-corrected chi connectivity index (χ3v) is 5.56. The summed E-state index contributed by atoms with van der Waals surface area (Å²) in [5.74, 6) is -1.30. The number of esters is 1. The molecule has 28 heavy (non-hydrogen) atoms. The van der Waals surface area contributed by atoms with Crippen LogP contribution in [0, 0.1) is 0 Å². The van der Waals surface area contributed by atoms with Crippen molar-refractivity contribution < 1.29 is 27.5 Å². The molecule has 10 heteroatoms. The zero-order valence-electron chi connectivity index (χ0n) is 15.6. The maximum Gasteiger partial charge on any atom is 0.435 e. The summed E-state index contributed by atoms with van der Waals surface area (Å²) in [6.45, 7) is 3.45. The summed E-state index contributed by atoms with van der Waals surface area (Å²) >= 11 is 1.27. The van der Waals surface area contributed by atoms with Crippen molar-refractivity contribution in [3.8, 4) is 0 Å². The van der Waals surface area contributed by atoms with E-state index < -0.39 is 23.7 Å². The van der Waals surface area contributed by atoms with Crippen LogP contribution in [0.25, 0.3) is 0 Å². The van der Waals surface area contributed by atoms with E-state index >= 15 is 0 Å². The highest BCUT2D eigenvalue weighted by atomic mass is 32.1. The summed E-state index contributed by atoms with van der Waals surface area (Å²) in [4.78, 5) is 26.2. The topological polar surface area (TPSA) is 73.2 Å². The van der Waals surface area contributed by atoms with Crippen LogP contribution in [0.1, 0.15) is 63.7 Å². The summed E-state index contributed by atoms with van der Waals surface area (Å²) in [6, 6.07) is 0.689. The molecule has 6 nitrogen and oxygen atoms in total. The van der Waals surface area contributed by atoms with Gasteiger partial charge in [-0.3, -0.25) is 9.48 Å². The molecule has 0 aliphatic heterocycles. The molecule has 0 bridgehead atoms. The Hall–Kier alpha value is -2.36. The SMILES string of the molecule is CC(C)OC(=O)c1c(NC(=O)c2cc(C(F)(F)F)nn2C)sc2c1CCCC2. The van der Waals surface area contributed by atoms with Crippen molar-refractivity contribution in [3.05, 3.63) is 33.5 Å². The number of aromatic nitrogens is 2. The van der Waals surface area contributed by atoms with Crippen LogP contribution in [0.5, 0.6) is 0 Å². The first-order valence-electron chi connectivity index (χ1n) is 8.86. The minimum Gasteiger partial charge on any atom is -0.459 e. The molecule has 2 aromatic rings. The predicted molar refractivity (Wildman–Crippen MR) is 97.7 cm³/mol. The fourth-order valence-electron chi connectivity index (χ4n) is 3.13. The first kappa shape index (κ1) is 20.4. The van der Waals surface area contributed by atoms with E-state index in [0.29, 0.717) is 23.1 Å². The Bertz CT molecular complexity index is 915. The summed E-state index contributed by atoms with van der Waals surface area (Å²) in [5.41, 5.74) is -0.231. The van der Waals surface area contributed by atoms with Crippen LogP contribution < -0.4 is 5.32 Å². The number of amides is 1. The average molecular weight is 415 g/mol. The highest BCUT2D eigenvalue weighted by molar-refractivity contribution is 7.17. The summed E-state index contributed by atoms with van der Waals surface area (Å²) in [7, 11) is 1.26. The molecule has 152 valence electrons. The fourth-order valence-corrected chi connectivity index (χ4v) is 4.40. The Kier molecular flexibility index (Phi) is 5.51. The minimum absolute atomic E-state index is 0.248. The van der Waals surface area contributed by atoms with Gasteiger partial charge in [0.05, 0.1) is 11.7 Å². The minimum atomic E-state index is -4.65. The van der Waals surface area contributed by atoms with Crippen molar-refractivity contribution in [2.75, 3.05) is 5.32 Å². The molecule has 0 saturated heterocycles. The standard InChI is InChI=1S/C18H20F3N3O3S/c1-9(2)27-17(26)14-10-6-4-5-7-12(10)28-16(14)22-15(25)11-8-13(18(19,20)21)23-24(11)3/h8-9H,4-7H2,1-3H3,(H,22,25). The molecule has 0 saturated carbocycles. The lowest BCUT2D eigenvalue weighted by Gasteiger charge is -2.14. The third-order valence-electron chi connectivity index (χ3n) is 4.35. The number of carbonyl (C=O) groups is 2. The zero-order valence-corrected chi connectivity index (χ0v) is 16.5. The van der Waals surface area contributed by atoms with Gasteiger partial charge in [-0.25, -0.2) is 4.79 Å². The number of fused-ring (bicyclic) bond motifs is 1. The van der Waals surface area contributed by atoms with Crippen LogP contribution in [0.15, 0.2) is 6.07 Å². The maximum atomic E-state index is 12.9. The largest absolute Gasteiger partial charge is 0.459 e. The van der Waals surface area contributed by atoms with Crippen LogP contribution in [0.3, 0.4) is 0 Å². The summed E-state index contributed by atoms with van der Waals surface area (Å²) in [5, 5.41) is 6.25. The normalized spacial score (nSPS) is 14.1. The van der Waals surface area contributed by atoms with Crippen LogP contribution in [0.2, 0.25) is 0 Å². The summed E-state index contributed by atoms with van der Waals surface area (Å²) < 4.78 is 44.7. The molecule has 0 spiro atoms. The van der Waals surface area contributed by atoms with E-state index in [2.05, 4.69) is 10.4 Å². The second kappa shape index (κ2) is 7.57. The number of nitrogens with zero attached hydrogens (tertiary/aromatic N) is 2. The molecule has 1 aliphatic rings. The highest BCUT2D eigenvalue weighted by Gasteiger charge is 2.36. The molecule has 1 N–H and O–H groups in total. The van der Waals surface area contributed by atoms with Gasteiger partial charge in [0.15, 0.2) is 5.69 Å². The highest BCUT2D eigenvalue weighted by Crippen LogP contribution is 2.39. The van der Waals surface area contributed by atoms with Gasteiger partial charge in [0.2, 0.25) is 0 Å². The van der Waals surface area contributed by atoms with Crippen molar-refractivity contribution in [3.63, 3.8) is 0 Å². The Morgan fingerprint density at radius 3 is 2.57 bits per heavy atom. The molecule has 0 unspecified atom stereocenters. The van der Waals surface area contributed by atoms with Gasteiger partial charge >= 0.3 is 12.1 Å². The van der Waals surface area contributed by atoms with E-state index in [-0.39, 0.29) is 11.8 Å². The lowest BCUT2D eigenvalue weighted by molar-refractivity contribution is -0.141. The molecular formula is C18H20F3N3O3S. The van der Waals surface area contributed by atoms with Gasteiger partial charge in [0, 0.05) is 18.0 Å². The van der Waals surface area contributed by atoms with Gasteiger partial charge in [-0.05, 0) is 45.1 Å². The first-order valence-corrected chi connectivity index (χ1v) is 9.67. The monoisotopic (exact) mass is 415 g/mol. The molecule has 3 rings (SSSR count). The molecule has 1 amide bonds. The number of nitrogens with one attached hydrogen (secondary N) is 1. The van der Waals surface area contributed by atoms with Gasteiger partial charge < -0.3 is 10.1 Å². The molecule has 0 radical (unpaired) electrons. The van der Waals surface area contributed by atoms with Crippen molar-refractivity contribution in [1.82, 2.24) is 9.78 Å². The van der Waals surface area contributed by atoms with Crippen LogP contribution in [-0.2, 0) is 30.8 Å². The van der Waals surface area contributed by atoms with Crippen LogP contribution in [-0.4, -0.2) is 27.8 Å². The smallest absolute Gasteiger partial charge is 0.435 e. The lowest BCUT2D eigenvalue weighted by Crippen LogP contribution is -2.19. The number of ether oxygens (including phenoxy) is 1. The van der Waals surface area contributed by atoms with E-state index in [9.17, 15) is 22.8 Å². The van der Waals surface area contributed by atoms with Crippen molar-refractivity contribution in [2.45, 2.75) is 51.8 Å². The van der Waals surface area contributed by atoms with E-state index in [1.807, 2.05) is 0 Å². The van der Waals surface area contributed by atoms with Crippen LogP contribution in [0.4, 0.5) is 18.2 Å². The third kappa shape index (κ3) is 4.06. The maximum absolute atomic E-state index is 12.9. The van der Waals surface area contributed by atoms with Gasteiger partial charge in [-0.1, -0.05) is 0 Å². The van der Waals surface area contributed by atoms with Gasteiger partial charge in [0.1, 0.15) is 10.7 Å². The van der Waals surface area contributed by atoms with E-state index in [1.54, 1.807) is 13.8 Å². The first-order chi connectivity index (χ1) is 13.1. The molecule has 0 fully saturated rings. The average Bonchev–Trinajstić information content (AvgIpc) is 3.14. The predicted octanol–water partition coefficient (Wildman–Crippen LogP) is 4.20. The number of alkyl halides is 3. The molecule has 2 aromatic heterocycles. The molecule has 0 aromatic carbocycles. The quantitative estimate of drug-likeness (QED) is 0.760. The van der Waals surface area contributed by atoms with Gasteiger partial charge in [-0.15, -0.1) is 11.3 Å². The van der Waals surface area contributed by atoms with Gasteiger partial charge in [0.25, 0.3) is 5.91 Å². The van der Waals surface area contributed by atoms with E-state index in [1.165, 1.54) is 18.4 Å². The Labute approximate surface area is 163 Å². The number of hydrogen-bond donors (Lipinski definition) is 1. The molecule has 1 aliphatic carbocycles.